The Morgan fingerprint density at radius 3 is 2.59 bits per heavy atom. The van der Waals surface area contributed by atoms with Crippen LogP contribution in [0.4, 0.5) is 4.79 Å². The summed E-state index contributed by atoms with van der Waals surface area (Å²) < 4.78 is 15.7. The minimum Gasteiger partial charge on any atom is -0.491 e. The lowest BCUT2D eigenvalue weighted by Gasteiger charge is -2.32. The van der Waals surface area contributed by atoms with E-state index in [0.29, 0.717) is 44.2 Å². The predicted octanol–water partition coefficient (Wildman–Crippen LogP) is 2.20. The highest BCUT2D eigenvalue weighted by atomic mass is 16.6. The maximum Gasteiger partial charge on any atom is 0.407 e. The van der Waals surface area contributed by atoms with E-state index < -0.39 is 11.7 Å². The summed E-state index contributed by atoms with van der Waals surface area (Å²) in [4.78, 5) is 38.9. The SMILES string of the molecule is COCCOc1cccc(C(=O)N2CCCC(C(=O)NCCNC(=O)OC(C)(C)C)C2)c1. The Morgan fingerprint density at radius 2 is 1.88 bits per heavy atom. The van der Waals surface area contributed by atoms with Gasteiger partial charge in [0.2, 0.25) is 5.91 Å². The van der Waals surface area contributed by atoms with Gasteiger partial charge in [0, 0.05) is 38.9 Å². The van der Waals surface area contributed by atoms with Crippen molar-refractivity contribution >= 4 is 17.9 Å². The maximum absolute atomic E-state index is 13.0. The van der Waals surface area contributed by atoms with Crippen LogP contribution in [-0.2, 0) is 14.3 Å². The molecule has 3 amide bonds. The summed E-state index contributed by atoms with van der Waals surface area (Å²) in [5.74, 6) is 0.0866. The van der Waals surface area contributed by atoms with Crippen molar-refractivity contribution in [1.82, 2.24) is 15.5 Å². The number of likely N-dealkylation sites (tertiary alicyclic amines) is 1. The Morgan fingerprint density at radius 1 is 1.12 bits per heavy atom. The molecule has 0 bridgehead atoms. The van der Waals surface area contributed by atoms with Crippen molar-refractivity contribution in [3.63, 3.8) is 0 Å². The number of rotatable bonds is 9. The summed E-state index contributed by atoms with van der Waals surface area (Å²) in [6.45, 7) is 7.77. The van der Waals surface area contributed by atoms with Crippen LogP contribution in [0, 0.1) is 5.92 Å². The van der Waals surface area contributed by atoms with Gasteiger partial charge in [0.25, 0.3) is 5.91 Å². The Bertz CT molecular complexity index is 777. The number of ether oxygens (including phenoxy) is 3. The molecule has 0 aliphatic carbocycles. The number of amides is 3. The van der Waals surface area contributed by atoms with Crippen LogP contribution in [0.25, 0.3) is 0 Å². The summed E-state index contributed by atoms with van der Waals surface area (Å²) in [7, 11) is 1.60. The first kappa shape index (κ1) is 25.5. The van der Waals surface area contributed by atoms with Crippen molar-refractivity contribution in [2.75, 3.05) is 46.5 Å². The molecule has 0 saturated carbocycles. The van der Waals surface area contributed by atoms with Gasteiger partial charge in [-0.1, -0.05) is 6.07 Å². The van der Waals surface area contributed by atoms with Crippen LogP contribution in [0.3, 0.4) is 0 Å². The number of hydrogen-bond acceptors (Lipinski definition) is 6. The summed E-state index contributed by atoms with van der Waals surface area (Å²) in [6, 6.07) is 7.03. The summed E-state index contributed by atoms with van der Waals surface area (Å²) in [5, 5.41) is 5.44. The number of carbonyl (C=O) groups is 3. The smallest absolute Gasteiger partial charge is 0.407 e. The van der Waals surface area contributed by atoms with Gasteiger partial charge in [-0.2, -0.15) is 0 Å². The molecule has 0 spiro atoms. The molecule has 9 heteroatoms. The van der Waals surface area contributed by atoms with Crippen molar-refractivity contribution in [2.45, 2.75) is 39.2 Å². The van der Waals surface area contributed by atoms with E-state index in [4.69, 9.17) is 14.2 Å². The fraction of sp³-hybridized carbons (Fsp3) is 0.609. The Hall–Kier alpha value is -2.81. The molecule has 9 nitrogen and oxygen atoms in total. The molecule has 2 N–H and O–H groups in total. The van der Waals surface area contributed by atoms with E-state index in [1.165, 1.54) is 0 Å². The van der Waals surface area contributed by atoms with Crippen LogP contribution >= 0.6 is 0 Å². The number of nitrogens with zero attached hydrogens (tertiary/aromatic N) is 1. The molecule has 0 radical (unpaired) electrons. The molecule has 32 heavy (non-hydrogen) atoms. The predicted molar refractivity (Wildman–Crippen MR) is 120 cm³/mol. The monoisotopic (exact) mass is 449 g/mol. The fourth-order valence-electron chi connectivity index (χ4n) is 3.33. The van der Waals surface area contributed by atoms with Gasteiger partial charge in [0.1, 0.15) is 18.0 Å². The molecule has 1 saturated heterocycles. The van der Waals surface area contributed by atoms with Gasteiger partial charge in [-0.3, -0.25) is 9.59 Å². The molecule has 1 aromatic carbocycles. The second kappa shape index (κ2) is 12.3. The normalized spacial score (nSPS) is 16.2. The highest BCUT2D eigenvalue weighted by molar-refractivity contribution is 5.95. The van der Waals surface area contributed by atoms with Crippen LogP contribution in [-0.4, -0.2) is 74.9 Å². The molecule has 178 valence electrons. The lowest BCUT2D eigenvalue weighted by Crippen LogP contribution is -2.46. The second-order valence-corrected chi connectivity index (χ2v) is 8.68. The third kappa shape index (κ3) is 8.74. The van der Waals surface area contributed by atoms with Crippen LogP contribution in [0.5, 0.6) is 5.75 Å². The number of hydrogen-bond donors (Lipinski definition) is 2. The average Bonchev–Trinajstić information content (AvgIpc) is 2.75. The first-order chi connectivity index (χ1) is 15.2. The number of carbonyl (C=O) groups excluding carboxylic acids is 3. The van der Waals surface area contributed by atoms with Crippen LogP contribution in [0.2, 0.25) is 0 Å². The summed E-state index contributed by atoms with van der Waals surface area (Å²) in [5.41, 5.74) is -0.0383. The first-order valence-electron chi connectivity index (χ1n) is 11.0. The highest BCUT2D eigenvalue weighted by Gasteiger charge is 2.29. The lowest BCUT2D eigenvalue weighted by molar-refractivity contribution is -0.126. The molecular weight excluding hydrogens is 414 g/mol. The molecule has 1 atom stereocenters. The molecule has 1 fully saturated rings. The quantitative estimate of drug-likeness (QED) is 0.560. The molecule has 1 aromatic rings. The third-order valence-corrected chi connectivity index (χ3v) is 4.81. The van der Waals surface area contributed by atoms with Crippen LogP contribution in [0.15, 0.2) is 24.3 Å². The number of methoxy groups -OCH3 is 1. The first-order valence-corrected chi connectivity index (χ1v) is 11.0. The van der Waals surface area contributed by atoms with Crippen LogP contribution < -0.4 is 15.4 Å². The van der Waals surface area contributed by atoms with E-state index in [-0.39, 0.29) is 24.3 Å². The molecule has 0 aromatic heterocycles. The Balaban J connectivity index is 1.81. The molecule has 2 rings (SSSR count). The van der Waals surface area contributed by atoms with Crippen molar-refractivity contribution in [1.29, 1.82) is 0 Å². The largest absolute Gasteiger partial charge is 0.491 e. The van der Waals surface area contributed by atoms with Gasteiger partial charge in [-0.25, -0.2) is 4.79 Å². The topological polar surface area (TPSA) is 106 Å². The standard InChI is InChI=1S/C23H35N3O6/c1-23(2,3)32-22(29)25-11-10-24-20(27)18-8-6-12-26(16-18)21(28)17-7-5-9-19(15-17)31-14-13-30-4/h5,7,9,15,18H,6,8,10-14,16H2,1-4H3,(H,24,27)(H,25,29). The maximum atomic E-state index is 13.0. The second-order valence-electron chi connectivity index (χ2n) is 8.68. The number of benzene rings is 1. The van der Waals surface area contributed by atoms with E-state index in [2.05, 4.69) is 10.6 Å². The van der Waals surface area contributed by atoms with E-state index in [0.717, 1.165) is 12.8 Å². The minimum absolute atomic E-state index is 0.119. The van der Waals surface area contributed by atoms with Gasteiger partial charge in [0.05, 0.1) is 12.5 Å². The number of piperidine rings is 1. The zero-order chi connectivity index (χ0) is 23.6. The minimum atomic E-state index is -0.568. The molecule has 1 heterocycles. The summed E-state index contributed by atoms with van der Waals surface area (Å²) >= 11 is 0. The molecule has 1 aliphatic rings. The van der Waals surface area contributed by atoms with Crippen molar-refractivity contribution in [3.8, 4) is 5.75 Å². The number of nitrogens with one attached hydrogen (secondary N) is 2. The van der Waals surface area contributed by atoms with Crippen LogP contribution in [0.1, 0.15) is 44.0 Å². The van der Waals surface area contributed by atoms with Gasteiger partial charge < -0.3 is 29.7 Å². The lowest BCUT2D eigenvalue weighted by atomic mass is 9.96. The fourth-order valence-corrected chi connectivity index (χ4v) is 3.33. The Kier molecular flexibility index (Phi) is 9.77. The third-order valence-electron chi connectivity index (χ3n) is 4.81. The zero-order valence-corrected chi connectivity index (χ0v) is 19.4. The van der Waals surface area contributed by atoms with Crippen molar-refractivity contribution < 1.29 is 28.6 Å². The van der Waals surface area contributed by atoms with Gasteiger partial charge >= 0.3 is 6.09 Å². The highest BCUT2D eigenvalue weighted by Crippen LogP contribution is 2.21. The van der Waals surface area contributed by atoms with E-state index in [1.54, 1.807) is 57.0 Å². The van der Waals surface area contributed by atoms with Crippen molar-refractivity contribution in [3.05, 3.63) is 29.8 Å². The number of alkyl carbamates (subject to hydrolysis) is 1. The van der Waals surface area contributed by atoms with E-state index in [9.17, 15) is 14.4 Å². The van der Waals surface area contributed by atoms with Gasteiger partial charge in [-0.05, 0) is 51.8 Å². The van der Waals surface area contributed by atoms with E-state index >= 15 is 0 Å². The molecular formula is C23H35N3O6. The van der Waals surface area contributed by atoms with E-state index in [1.807, 2.05) is 0 Å². The molecule has 1 unspecified atom stereocenters. The summed E-state index contributed by atoms with van der Waals surface area (Å²) in [6.07, 6.45) is 0.953. The van der Waals surface area contributed by atoms with Crippen molar-refractivity contribution in [2.24, 2.45) is 5.92 Å². The molecule has 1 aliphatic heterocycles. The van der Waals surface area contributed by atoms with Gasteiger partial charge in [-0.15, -0.1) is 0 Å². The zero-order valence-electron chi connectivity index (χ0n) is 19.4. The van der Waals surface area contributed by atoms with Gasteiger partial charge in [0.15, 0.2) is 0 Å². The average molecular weight is 450 g/mol. The Labute approximate surface area is 189 Å².